The van der Waals surface area contributed by atoms with E-state index < -0.39 is 24.3 Å². The Morgan fingerprint density at radius 3 is 1.93 bits per heavy atom. The fourth-order valence-electron chi connectivity index (χ4n) is 7.62. The maximum absolute atomic E-state index is 13.5. The summed E-state index contributed by atoms with van der Waals surface area (Å²) in [5.41, 5.74) is 4.75. The summed E-state index contributed by atoms with van der Waals surface area (Å²) in [5.74, 6) is 0.730. The molecule has 3 aromatic heterocycles. The number of furan rings is 1. The van der Waals surface area contributed by atoms with Gasteiger partial charge in [0.15, 0.2) is 0 Å². The molecule has 3 atom stereocenters. The quantitative estimate of drug-likeness (QED) is 0.0729. The molecular weight excluding hydrogens is 729 g/mol. The number of nitrogens with zero attached hydrogens (tertiary/aromatic N) is 3. The van der Waals surface area contributed by atoms with Gasteiger partial charge >= 0.3 is 12.2 Å². The number of methoxy groups -OCH3 is 2. The van der Waals surface area contributed by atoms with Crippen LogP contribution in [0.25, 0.3) is 44.5 Å². The second-order valence-corrected chi connectivity index (χ2v) is 15.5. The number of carbonyl (C=O) groups excluding carboxylic acids is 4. The summed E-state index contributed by atoms with van der Waals surface area (Å²) in [6.45, 7) is 10.3. The Hall–Kier alpha value is -5.86. The fraction of sp³-hybridized carbons (Fsp3) is 0.476. The van der Waals surface area contributed by atoms with Gasteiger partial charge in [-0.1, -0.05) is 59.6 Å². The predicted molar refractivity (Wildman–Crippen MR) is 216 cm³/mol. The topological polar surface area (TPSA) is 197 Å². The number of alkyl carbamates (subject to hydrolysis) is 2. The maximum Gasteiger partial charge on any atom is 0.407 e. The number of aromatic nitrogens is 4. The first-order valence-electron chi connectivity index (χ1n) is 19.7. The van der Waals surface area contributed by atoms with Crippen molar-refractivity contribution in [2.24, 2.45) is 17.8 Å². The number of H-pyrrole nitrogens is 2. The number of benzene rings is 2. The third-order valence-electron chi connectivity index (χ3n) is 10.7. The standard InChI is InChI=1S/C42H54N8O7/c1-8-17-50(40(52)36(24(4)5)49-42(54)56-7)22-34-43-20-30(45-34)26-13-15-28-29-16-14-27(19-33(29)57-32(28)18-26)31-21-44-38(46-31)37(25-11-9-10-12-25)47-39(51)35(23(2)3)48-41(53)55-6/h13-16,18-21,23-25,35-37H,8-12,17,22H2,1-7H3,(H,43,45)(H,44,46)(H,47,51)(H,48,53)(H,49,54)/t35-,36-,37-/m0/s1. The van der Waals surface area contributed by atoms with Crippen molar-refractivity contribution in [1.29, 1.82) is 0 Å². The zero-order chi connectivity index (χ0) is 40.8. The molecule has 6 rings (SSSR count). The van der Waals surface area contributed by atoms with Crippen molar-refractivity contribution < 1.29 is 33.1 Å². The van der Waals surface area contributed by atoms with Crippen molar-refractivity contribution in [3.63, 3.8) is 0 Å². The highest BCUT2D eigenvalue weighted by atomic mass is 16.5. The molecule has 0 bridgehead atoms. The molecule has 15 nitrogen and oxygen atoms in total. The Kier molecular flexibility index (Phi) is 12.8. The Morgan fingerprint density at radius 1 is 0.807 bits per heavy atom. The molecule has 3 heterocycles. The molecule has 15 heteroatoms. The van der Waals surface area contributed by atoms with Crippen LogP contribution in [0.2, 0.25) is 0 Å². The Labute approximate surface area is 332 Å². The van der Waals surface area contributed by atoms with E-state index >= 15 is 0 Å². The predicted octanol–water partition coefficient (Wildman–Crippen LogP) is 7.21. The van der Waals surface area contributed by atoms with Crippen LogP contribution in [0.15, 0.2) is 53.2 Å². The van der Waals surface area contributed by atoms with Crippen molar-refractivity contribution in [3.05, 3.63) is 60.4 Å². The molecule has 2 aromatic carbocycles. The van der Waals surface area contributed by atoms with Gasteiger partial charge in [-0.15, -0.1) is 0 Å². The molecule has 1 aliphatic rings. The molecule has 0 unspecified atom stereocenters. The molecule has 0 spiro atoms. The summed E-state index contributed by atoms with van der Waals surface area (Å²) < 4.78 is 15.9. The molecule has 0 aliphatic heterocycles. The molecule has 5 N–H and O–H groups in total. The monoisotopic (exact) mass is 782 g/mol. The molecule has 4 amide bonds. The number of hydrogen-bond donors (Lipinski definition) is 5. The number of imidazole rings is 2. The number of hydrogen-bond acceptors (Lipinski definition) is 9. The highest BCUT2D eigenvalue weighted by Gasteiger charge is 2.34. The molecule has 1 fully saturated rings. The number of rotatable bonds is 15. The second-order valence-electron chi connectivity index (χ2n) is 15.5. The van der Waals surface area contributed by atoms with E-state index in [1.165, 1.54) is 14.2 Å². The smallest absolute Gasteiger partial charge is 0.407 e. The Bertz CT molecular complexity index is 2200. The third kappa shape index (κ3) is 9.24. The van der Waals surface area contributed by atoms with Gasteiger partial charge in [0.2, 0.25) is 11.8 Å². The number of amides is 4. The first-order valence-corrected chi connectivity index (χ1v) is 19.7. The minimum absolute atomic E-state index is 0.137. The largest absolute Gasteiger partial charge is 0.456 e. The summed E-state index contributed by atoms with van der Waals surface area (Å²) in [5, 5.41) is 10.5. The van der Waals surface area contributed by atoms with E-state index in [2.05, 4.69) is 30.9 Å². The van der Waals surface area contributed by atoms with Gasteiger partial charge in [-0.3, -0.25) is 9.59 Å². The average molecular weight is 783 g/mol. The number of aromatic amines is 2. The van der Waals surface area contributed by atoms with E-state index in [0.29, 0.717) is 29.4 Å². The van der Waals surface area contributed by atoms with Crippen LogP contribution in [0.5, 0.6) is 0 Å². The van der Waals surface area contributed by atoms with Crippen LogP contribution in [0.3, 0.4) is 0 Å². The van der Waals surface area contributed by atoms with Gasteiger partial charge in [-0.2, -0.15) is 0 Å². The number of carbonyl (C=O) groups is 4. The molecule has 5 aromatic rings. The maximum atomic E-state index is 13.5. The lowest BCUT2D eigenvalue weighted by molar-refractivity contribution is -0.135. The van der Waals surface area contributed by atoms with Crippen molar-refractivity contribution >= 4 is 45.9 Å². The number of nitrogens with one attached hydrogen (secondary N) is 5. The first kappa shape index (κ1) is 40.8. The summed E-state index contributed by atoms with van der Waals surface area (Å²) in [6, 6.07) is 10.2. The van der Waals surface area contributed by atoms with E-state index in [0.717, 1.165) is 65.4 Å². The molecule has 0 saturated heterocycles. The van der Waals surface area contributed by atoms with Gasteiger partial charge in [0.25, 0.3) is 0 Å². The van der Waals surface area contributed by atoms with Gasteiger partial charge in [-0.05, 0) is 61.3 Å². The zero-order valence-corrected chi connectivity index (χ0v) is 33.7. The summed E-state index contributed by atoms with van der Waals surface area (Å²) in [6.07, 6.45) is 7.07. The van der Waals surface area contributed by atoms with Crippen LogP contribution in [0.1, 0.15) is 84.4 Å². The highest BCUT2D eigenvalue weighted by Crippen LogP contribution is 2.37. The van der Waals surface area contributed by atoms with Crippen LogP contribution in [-0.4, -0.2) is 81.7 Å². The van der Waals surface area contributed by atoms with Crippen molar-refractivity contribution in [1.82, 2.24) is 40.8 Å². The van der Waals surface area contributed by atoms with E-state index in [1.807, 2.05) is 71.0 Å². The van der Waals surface area contributed by atoms with Crippen molar-refractivity contribution in [2.75, 3.05) is 20.8 Å². The van der Waals surface area contributed by atoms with Crippen LogP contribution >= 0.6 is 0 Å². The summed E-state index contributed by atoms with van der Waals surface area (Å²) >= 11 is 0. The molecule has 57 heavy (non-hydrogen) atoms. The van der Waals surface area contributed by atoms with Crippen LogP contribution < -0.4 is 16.0 Å². The van der Waals surface area contributed by atoms with Gasteiger partial charge in [0, 0.05) is 28.4 Å². The lowest BCUT2D eigenvalue weighted by atomic mass is 9.96. The van der Waals surface area contributed by atoms with E-state index in [-0.39, 0.29) is 42.2 Å². The number of fused-ring (bicyclic) bond motifs is 3. The van der Waals surface area contributed by atoms with Gasteiger partial charge < -0.3 is 44.7 Å². The molecule has 0 radical (unpaired) electrons. The Morgan fingerprint density at radius 2 is 1.37 bits per heavy atom. The summed E-state index contributed by atoms with van der Waals surface area (Å²) in [7, 11) is 2.55. The average Bonchev–Trinajstić information content (AvgIpc) is 4.04. The number of ether oxygens (including phenoxy) is 2. The second kappa shape index (κ2) is 17.9. The molecular formula is C42H54N8O7. The van der Waals surface area contributed by atoms with E-state index in [4.69, 9.17) is 18.9 Å². The van der Waals surface area contributed by atoms with Gasteiger partial charge in [0.1, 0.15) is 34.9 Å². The van der Waals surface area contributed by atoms with Crippen LogP contribution in [0, 0.1) is 17.8 Å². The zero-order valence-electron chi connectivity index (χ0n) is 33.7. The van der Waals surface area contributed by atoms with Gasteiger partial charge in [-0.25, -0.2) is 19.6 Å². The lowest BCUT2D eigenvalue weighted by Crippen LogP contribution is -2.51. The van der Waals surface area contributed by atoms with Crippen molar-refractivity contribution in [2.45, 2.75) is 91.4 Å². The lowest BCUT2D eigenvalue weighted by Gasteiger charge is -2.28. The first-order chi connectivity index (χ1) is 27.4. The fourth-order valence-corrected chi connectivity index (χ4v) is 7.62. The Balaban J connectivity index is 1.21. The van der Waals surface area contributed by atoms with Crippen LogP contribution in [0.4, 0.5) is 9.59 Å². The van der Waals surface area contributed by atoms with E-state index in [1.54, 1.807) is 17.3 Å². The van der Waals surface area contributed by atoms with Crippen LogP contribution in [-0.2, 0) is 25.6 Å². The van der Waals surface area contributed by atoms with E-state index in [9.17, 15) is 19.2 Å². The highest BCUT2D eigenvalue weighted by molar-refractivity contribution is 6.06. The molecule has 1 saturated carbocycles. The molecule has 304 valence electrons. The van der Waals surface area contributed by atoms with Gasteiger partial charge in [0.05, 0.1) is 50.6 Å². The normalized spacial score (nSPS) is 14.8. The third-order valence-corrected chi connectivity index (χ3v) is 10.7. The summed E-state index contributed by atoms with van der Waals surface area (Å²) in [4.78, 5) is 68.9. The van der Waals surface area contributed by atoms with Crippen molar-refractivity contribution in [3.8, 4) is 22.5 Å². The molecule has 1 aliphatic carbocycles. The minimum atomic E-state index is -0.755. The SMILES string of the molecule is CCCN(Cc1ncc(-c2ccc3c(c2)oc2cc(-c4cnc([C@@H](NC(=O)[C@@H](NC(=O)OC)C(C)C)C5CCCC5)[nH]4)ccc23)[nH]1)C(=O)[C@@H](NC(=O)OC)C(C)C. The minimum Gasteiger partial charge on any atom is -0.456 e.